The summed E-state index contributed by atoms with van der Waals surface area (Å²) < 4.78 is 5.20. The first-order valence-electron chi connectivity index (χ1n) is 8.03. The van der Waals surface area contributed by atoms with Crippen molar-refractivity contribution in [3.63, 3.8) is 0 Å². The molecule has 1 aromatic carbocycles. The number of ether oxygens (including phenoxy) is 1. The van der Waals surface area contributed by atoms with E-state index >= 15 is 0 Å². The molecule has 3 rings (SSSR count). The predicted octanol–water partition coefficient (Wildman–Crippen LogP) is 2.76. The molecular weight excluding hydrogens is 326 g/mol. The summed E-state index contributed by atoms with van der Waals surface area (Å²) in [6.45, 7) is 1.83. The molecule has 0 saturated carbocycles. The van der Waals surface area contributed by atoms with E-state index in [1.54, 1.807) is 13.3 Å². The lowest BCUT2D eigenvalue weighted by Gasteiger charge is -2.41. The number of benzene rings is 1. The van der Waals surface area contributed by atoms with Crippen LogP contribution in [-0.4, -0.2) is 41.9 Å². The highest BCUT2D eigenvalue weighted by atomic mass is 35.5. The molecule has 1 N–H and O–H groups in total. The third-order valence-electron chi connectivity index (χ3n) is 4.77. The molecule has 24 heavy (non-hydrogen) atoms. The highest BCUT2D eigenvalue weighted by molar-refractivity contribution is 6.29. The second kappa shape index (κ2) is 7.36. The highest BCUT2D eigenvalue weighted by Crippen LogP contribution is 2.36. The van der Waals surface area contributed by atoms with Crippen molar-refractivity contribution >= 4 is 17.4 Å². The van der Waals surface area contributed by atoms with E-state index in [0.717, 1.165) is 43.9 Å². The molecule has 127 valence electrons. The number of piperidine rings is 1. The summed E-state index contributed by atoms with van der Waals surface area (Å²) in [6.07, 6.45) is 6.94. The average molecular weight is 347 g/mol. The van der Waals surface area contributed by atoms with Gasteiger partial charge >= 0.3 is 0 Å². The van der Waals surface area contributed by atoms with Gasteiger partial charge in [-0.05, 0) is 37.0 Å². The maximum atomic E-state index is 10.0. The molecule has 0 aliphatic carbocycles. The van der Waals surface area contributed by atoms with Gasteiger partial charge in [-0.25, -0.2) is 9.97 Å². The van der Waals surface area contributed by atoms with Crippen LogP contribution in [0.3, 0.4) is 0 Å². The summed E-state index contributed by atoms with van der Waals surface area (Å²) in [5.74, 6) is 1.62. The van der Waals surface area contributed by atoms with Crippen LogP contribution in [0.5, 0.6) is 5.75 Å². The average Bonchev–Trinajstić information content (AvgIpc) is 2.63. The Bertz CT molecular complexity index is 670. The zero-order valence-electron chi connectivity index (χ0n) is 13.7. The van der Waals surface area contributed by atoms with E-state index in [4.69, 9.17) is 16.3 Å². The lowest BCUT2D eigenvalue weighted by Crippen LogP contribution is -2.43. The first-order valence-corrected chi connectivity index (χ1v) is 8.41. The summed E-state index contributed by atoms with van der Waals surface area (Å²) in [5, 5.41) is 10.3. The zero-order chi connectivity index (χ0) is 17.0. The second-order valence-electron chi connectivity index (χ2n) is 6.30. The molecule has 6 heteroatoms. The number of rotatable bonds is 5. The van der Waals surface area contributed by atoms with Crippen LogP contribution in [0.25, 0.3) is 0 Å². The minimum atomic E-state index is -0.0940. The molecule has 0 spiro atoms. The van der Waals surface area contributed by atoms with Crippen molar-refractivity contribution in [1.29, 1.82) is 0 Å². The van der Waals surface area contributed by atoms with Crippen molar-refractivity contribution in [2.45, 2.75) is 19.3 Å². The fourth-order valence-electron chi connectivity index (χ4n) is 3.23. The van der Waals surface area contributed by atoms with Gasteiger partial charge in [0.1, 0.15) is 17.8 Å². The minimum absolute atomic E-state index is 0.0940. The van der Waals surface area contributed by atoms with Gasteiger partial charge in [-0.2, -0.15) is 0 Å². The normalized spacial score (nSPS) is 16.9. The van der Waals surface area contributed by atoms with Crippen LogP contribution >= 0.6 is 11.6 Å². The maximum Gasteiger partial charge on any atom is 0.159 e. The molecule has 1 aliphatic rings. The Morgan fingerprint density at radius 1 is 1.29 bits per heavy atom. The van der Waals surface area contributed by atoms with E-state index in [0.29, 0.717) is 0 Å². The Balaban J connectivity index is 1.67. The highest BCUT2D eigenvalue weighted by Gasteiger charge is 2.34. The number of methoxy groups -OCH3 is 1. The molecule has 0 amide bonds. The molecule has 0 bridgehead atoms. The fourth-order valence-corrected chi connectivity index (χ4v) is 3.36. The molecule has 1 radical (unpaired) electrons. The van der Waals surface area contributed by atoms with Crippen LogP contribution in [0.4, 0.5) is 5.82 Å². The standard InChI is InChI=1S/C18H21ClN3O2/c1-24-15-4-2-14(3-5-15)10-18(13-23)6-8-22(9-7-18)17-12-20-11-16(19)21-17/h2-5,12,23H,6-10,13H2,1H3. The quantitative estimate of drug-likeness (QED) is 0.902. The zero-order valence-corrected chi connectivity index (χ0v) is 14.5. The molecule has 1 saturated heterocycles. The van der Waals surface area contributed by atoms with Gasteiger partial charge in [0.15, 0.2) is 5.15 Å². The molecule has 5 nitrogen and oxygen atoms in total. The number of aliphatic hydroxyl groups excluding tert-OH is 1. The summed E-state index contributed by atoms with van der Waals surface area (Å²) in [5.41, 5.74) is 1.12. The Morgan fingerprint density at radius 2 is 2.00 bits per heavy atom. The largest absolute Gasteiger partial charge is 0.497 e. The number of halogens is 1. The SMILES string of the molecule is COc1ccc(CC2(CO)CCN(c3cn[c]c(Cl)n3)CC2)cc1. The molecule has 1 aliphatic heterocycles. The van der Waals surface area contributed by atoms with Crippen LogP contribution in [0, 0.1) is 11.6 Å². The number of aliphatic hydroxyl groups is 1. The summed E-state index contributed by atoms with van der Waals surface area (Å²) in [6, 6.07) is 8.07. The van der Waals surface area contributed by atoms with Crippen LogP contribution < -0.4 is 9.64 Å². The molecule has 2 heterocycles. The van der Waals surface area contributed by atoms with Gasteiger partial charge in [-0.1, -0.05) is 23.7 Å². The van der Waals surface area contributed by atoms with Crippen molar-refractivity contribution in [1.82, 2.24) is 9.97 Å². The summed E-state index contributed by atoms with van der Waals surface area (Å²) >= 11 is 5.87. The monoisotopic (exact) mass is 346 g/mol. The molecule has 1 aromatic heterocycles. The Labute approximate surface area is 147 Å². The van der Waals surface area contributed by atoms with Gasteiger partial charge in [-0.3, -0.25) is 0 Å². The Kier molecular flexibility index (Phi) is 5.21. The number of aromatic nitrogens is 2. The summed E-state index contributed by atoms with van der Waals surface area (Å²) in [4.78, 5) is 10.4. The van der Waals surface area contributed by atoms with Crippen LogP contribution in [0.2, 0.25) is 5.15 Å². The van der Waals surface area contributed by atoms with Crippen LogP contribution in [0.15, 0.2) is 30.5 Å². The van der Waals surface area contributed by atoms with Gasteiger partial charge in [0, 0.05) is 25.1 Å². The van der Waals surface area contributed by atoms with Gasteiger partial charge < -0.3 is 14.7 Å². The molecular formula is C18H21ClN3O2. The fraction of sp³-hybridized carbons (Fsp3) is 0.444. The van der Waals surface area contributed by atoms with Crippen LogP contribution in [-0.2, 0) is 6.42 Å². The smallest absolute Gasteiger partial charge is 0.159 e. The number of hydrogen-bond donors (Lipinski definition) is 1. The number of nitrogens with zero attached hydrogens (tertiary/aromatic N) is 3. The number of hydrogen-bond acceptors (Lipinski definition) is 5. The van der Waals surface area contributed by atoms with E-state index in [2.05, 4.69) is 33.2 Å². The third-order valence-corrected chi connectivity index (χ3v) is 4.94. The van der Waals surface area contributed by atoms with E-state index in [-0.39, 0.29) is 17.2 Å². The maximum absolute atomic E-state index is 10.0. The lowest BCUT2D eigenvalue weighted by molar-refractivity contribution is 0.0961. The van der Waals surface area contributed by atoms with E-state index in [1.165, 1.54) is 5.56 Å². The van der Waals surface area contributed by atoms with Crippen molar-refractivity contribution in [3.8, 4) is 5.75 Å². The molecule has 0 atom stereocenters. The minimum Gasteiger partial charge on any atom is -0.497 e. The van der Waals surface area contributed by atoms with Gasteiger partial charge in [0.2, 0.25) is 0 Å². The van der Waals surface area contributed by atoms with Crippen molar-refractivity contribution in [3.05, 3.63) is 47.4 Å². The van der Waals surface area contributed by atoms with Crippen LogP contribution in [0.1, 0.15) is 18.4 Å². The van der Waals surface area contributed by atoms with Gasteiger partial charge in [0.05, 0.1) is 13.3 Å². The van der Waals surface area contributed by atoms with Crippen molar-refractivity contribution in [2.24, 2.45) is 5.41 Å². The van der Waals surface area contributed by atoms with Gasteiger partial charge in [-0.15, -0.1) is 0 Å². The first-order chi connectivity index (χ1) is 11.6. The van der Waals surface area contributed by atoms with Crippen molar-refractivity contribution < 1.29 is 9.84 Å². The Hall–Kier alpha value is -1.85. The molecule has 2 aromatic rings. The predicted molar refractivity (Wildman–Crippen MR) is 93.5 cm³/mol. The topological polar surface area (TPSA) is 58.5 Å². The van der Waals surface area contributed by atoms with Gasteiger partial charge in [0.25, 0.3) is 0 Å². The first kappa shape index (κ1) is 17.0. The lowest BCUT2D eigenvalue weighted by atomic mass is 9.74. The summed E-state index contributed by atoms with van der Waals surface area (Å²) in [7, 11) is 1.66. The third kappa shape index (κ3) is 3.79. The van der Waals surface area contributed by atoms with E-state index in [9.17, 15) is 5.11 Å². The van der Waals surface area contributed by atoms with E-state index in [1.807, 2.05) is 12.1 Å². The Morgan fingerprint density at radius 3 is 2.58 bits per heavy atom. The van der Waals surface area contributed by atoms with Crippen molar-refractivity contribution in [2.75, 3.05) is 31.7 Å². The molecule has 1 fully saturated rings. The second-order valence-corrected chi connectivity index (χ2v) is 6.66. The van der Waals surface area contributed by atoms with E-state index < -0.39 is 0 Å². The molecule has 0 unspecified atom stereocenters. The number of anilines is 1.